The summed E-state index contributed by atoms with van der Waals surface area (Å²) in [4.78, 5) is 5.01. The van der Waals surface area contributed by atoms with E-state index in [0.717, 1.165) is 57.5 Å². The summed E-state index contributed by atoms with van der Waals surface area (Å²) in [5.74, 6) is 3.74. The maximum atomic E-state index is 6.87. The Morgan fingerprint density at radius 1 is 0.783 bits per heavy atom. The van der Waals surface area contributed by atoms with E-state index in [1.807, 2.05) is 54.7 Å². The van der Waals surface area contributed by atoms with Crippen molar-refractivity contribution in [2.24, 2.45) is 5.92 Å². The minimum atomic E-state index is -0.250. The summed E-state index contributed by atoms with van der Waals surface area (Å²) in [6.45, 7) is 2.22. The largest absolute Gasteiger partial charge is 0.469 e. The number of nitrogens with zero attached hydrogens (tertiary/aromatic N) is 3. The molecule has 0 saturated carbocycles. The molecule has 0 radical (unpaired) electrons. The van der Waals surface area contributed by atoms with Crippen LogP contribution in [0, 0.1) is 5.92 Å². The lowest BCUT2D eigenvalue weighted by molar-refractivity contribution is 0.0977. The molecule has 0 bridgehead atoms. The Morgan fingerprint density at radius 3 is 2.46 bits per heavy atom. The minimum absolute atomic E-state index is 0.107. The summed E-state index contributed by atoms with van der Waals surface area (Å²) in [6, 6.07) is 33.2. The van der Waals surface area contributed by atoms with E-state index in [1.165, 1.54) is 22.2 Å². The van der Waals surface area contributed by atoms with Gasteiger partial charge in [-0.2, -0.15) is 0 Å². The minimum Gasteiger partial charge on any atom is -0.469 e. The first-order valence-corrected chi connectivity index (χ1v) is 15.9. The molecule has 4 aromatic carbocycles. The Bertz CT molecular complexity index is 2430. The predicted molar refractivity (Wildman–Crippen MR) is 182 cm³/mol. The second-order valence-corrected chi connectivity index (χ2v) is 12.3. The zero-order chi connectivity index (χ0) is 30.4. The maximum absolute atomic E-state index is 6.87. The molecule has 0 N–H and O–H groups in total. The van der Waals surface area contributed by atoms with Gasteiger partial charge in [0.15, 0.2) is 29.2 Å². The lowest BCUT2D eigenvalue weighted by Gasteiger charge is -2.22. The van der Waals surface area contributed by atoms with E-state index in [0.29, 0.717) is 17.2 Å². The molecule has 1 aliphatic carbocycles. The molecule has 6 nitrogen and oxygen atoms in total. The summed E-state index contributed by atoms with van der Waals surface area (Å²) in [6.07, 6.45) is 10.5. The van der Waals surface area contributed by atoms with E-state index < -0.39 is 0 Å². The molecule has 7 aromatic rings. The molecule has 46 heavy (non-hydrogen) atoms. The number of hydrogen-bond donors (Lipinski definition) is 0. The molecule has 5 heterocycles. The normalized spacial score (nSPS) is 18.1. The zero-order valence-corrected chi connectivity index (χ0v) is 25.2. The van der Waals surface area contributed by atoms with Crippen LogP contribution in [0.1, 0.15) is 36.4 Å². The van der Waals surface area contributed by atoms with Crippen molar-refractivity contribution in [3.63, 3.8) is 0 Å². The number of benzene rings is 4. The smallest absolute Gasteiger partial charge is 0.182 e. The number of rotatable bonds is 3. The molecule has 0 amide bonds. The molecular formula is C40H29N3O3. The monoisotopic (exact) mass is 599 g/mol. The highest BCUT2D eigenvalue weighted by molar-refractivity contribution is 6.20. The van der Waals surface area contributed by atoms with E-state index >= 15 is 0 Å². The molecule has 6 heteroatoms. The van der Waals surface area contributed by atoms with Gasteiger partial charge in [-0.25, -0.2) is 0 Å². The summed E-state index contributed by atoms with van der Waals surface area (Å²) >= 11 is 0. The molecule has 0 saturated heterocycles. The molecular weight excluding hydrogens is 570 g/mol. The average molecular weight is 600 g/mol. The molecule has 2 atom stereocenters. The summed E-state index contributed by atoms with van der Waals surface area (Å²) in [5, 5.41) is 2.44. The standard InChI is InChI=1S/C40H29N3O3/c1-24-22-35(25-17-20-34-36(23-25)45-33-16-8-7-15-32(33)44-34)46-40(24)43-30-19-18-28-27-12-5-6-13-29(27)42(26-10-3-2-4-11-26)39(28)37(30)38-31(43)14-9-21-41-38/h2-4,6-11,13-24,40H,5,12H2,1H3. The Balaban J connectivity index is 1.13. The van der Waals surface area contributed by atoms with Crippen LogP contribution in [0.25, 0.3) is 50.4 Å². The second-order valence-electron chi connectivity index (χ2n) is 12.3. The van der Waals surface area contributed by atoms with Gasteiger partial charge in [0, 0.05) is 34.4 Å². The van der Waals surface area contributed by atoms with Crippen LogP contribution in [0.3, 0.4) is 0 Å². The quantitative estimate of drug-likeness (QED) is 0.203. The maximum Gasteiger partial charge on any atom is 0.182 e. The first kappa shape index (κ1) is 25.6. The van der Waals surface area contributed by atoms with E-state index in [9.17, 15) is 0 Å². The topological polar surface area (TPSA) is 50.4 Å². The van der Waals surface area contributed by atoms with Gasteiger partial charge < -0.3 is 23.3 Å². The number of pyridine rings is 1. The molecule has 2 aliphatic heterocycles. The highest BCUT2D eigenvalue weighted by Crippen LogP contribution is 2.49. The molecule has 3 aromatic heterocycles. The second kappa shape index (κ2) is 9.62. The van der Waals surface area contributed by atoms with Crippen molar-refractivity contribution in [3.8, 4) is 28.7 Å². The van der Waals surface area contributed by atoms with Crippen LogP contribution in [0.2, 0.25) is 0 Å². The third-order valence-corrected chi connectivity index (χ3v) is 9.53. The van der Waals surface area contributed by atoms with Gasteiger partial charge in [-0.05, 0) is 91.2 Å². The molecule has 222 valence electrons. The molecule has 2 unspecified atom stereocenters. The van der Waals surface area contributed by atoms with Crippen molar-refractivity contribution >= 4 is 44.7 Å². The SMILES string of the molecule is CC1C=C(c2ccc3c(c2)Oc2ccccc2O3)OC1n1c2cccnc2c2c3c(ccc21)c1c(n3-c2ccccc2)C=CCC1. The first-order valence-electron chi connectivity index (χ1n) is 15.9. The fraction of sp³-hybridized carbons (Fsp3) is 0.125. The predicted octanol–water partition coefficient (Wildman–Crippen LogP) is 10.2. The zero-order valence-electron chi connectivity index (χ0n) is 25.2. The van der Waals surface area contributed by atoms with Crippen molar-refractivity contribution in [3.05, 3.63) is 132 Å². The summed E-state index contributed by atoms with van der Waals surface area (Å²) in [5.41, 5.74) is 9.13. The van der Waals surface area contributed by atoms with Crippen molar-refractivity contribution in [2.45, 2.75) is 26.0 Å². The third-order valence-electron chi connectivity index (χ3n) is 9.53. The van der Waals surface area contributed by atoms with Crippen molar-refractivity contribution in [1.82, 2.24) is 14.1 Å². The van der Waals surface area contributed by atoms with E-state index in [4.69, 9.17) is 19.2 Å². The fourth-order valence-electron chi connectivity index (χ4n) is 7.51. The van der Waals surface area contributed by atoms with Crippen LogP contribution in [0.15, 0.2) is 115 Å². The Morgan fingerprint density at radius 2 is 1.59 bits per heavy atom. The van der Waals surface area contributed by atoms with Crippen LogP contribution in [0.4, 0.5) is 0 Å². The van der Waals surface area contributed by atoms with Crippen molar-refractivity contribution < 1.29 is 14.2 Å². The number of fused-ring (bicyclic) bond motifs is 9. The van der Waals surface area contributed by atoms with Gasteiger partial charge >= 0.3 is 0 Å². The van der Waals surface area contributed by atoms with Crippen molar-refractivity contribution in [1.29, 1.82) is 0 Å². The number of aryl methyl sites for hydroxylation is 1. The van der Waals surface area contributed by atoms with Gasteiger partial charge in [-0.15, -0.1) is 0 Å². The summed E-state index contributed by atoms with van der Waals surface area (Å²) < 4.78 is 24.0. The molecule has 10 rings (SSSR count). The molecule has 0 spiro atoms. The van der Waals surface area contributed by atoms with Gasteiger partial charge in [0.05, 0.1) is 27.5 Å². The van der Waals surface area contributed by atoms with Crippen LogP contribution >= 0.6 is 0 Å². The highest BCUT2D eigenvalue weighted by Gasteiger charge is 2.33. The fourth-order valence-corrected chi connectivity index (χ4v) is 7.51. The van der Waals surface area contributed by atoms with Crippen LogP contribution in [-0.2, 0) is 11.2 Å². The van der Waals surface area contributed by atoms with Crippen LogP contribution in [-0.4, -0.2) is 14.1 Å². The van der Waals surface area contributed by atoms with E-state index in [-0.39, 0.29) is 12.1 Å². The lowest BCUT2D eigenvalue weighted by Crippen LogP contribution is -2.14. The average Bonchev–Trinajstić information content (AvgIpc) is 3.76. The van der Waals surface area contributed by atoms with Crippen molar-refractivity contribution in [2.75, 3.05) is 0 Å². The van der Waals surface area contributed by atoms with Gasteiger partial charge in [-0.3, -0.25) is 4.98 Å². The number of para-hydroxylation sites is 3. The number of allylic oxidation sites excluding steroid dienone is 1. The van der Waals surface area contributed by atoms with Gasteiger partial charge in [0.2, 0.25) is 0 Å². The third kappa shape index (κ3) is 3.61. The highest BCUT2D eigenvalue weighted by atomic mass is 16.6. The van der Waals surface area contributed by atoms with Gasteiger partial charge in [0.1, 0.15) is 5.76 Å². The Labute approximate surface area is 265 Å². The Kier molecular flexibility index (Phi) is 5.35. The number of hydrogen-bond acceptors (Lipinski definition) is 4. The van der Waals surface area contributed by atoms with E-state index in [2.05, 4.69) is 82.8 Å². The van der Waals surface area contributed by atoms with Crippen LogP contribution in [0.5, 0.6) is 23.0 Å². The first-order chi connectivity index (χ1) is 22.7. The van der Waals surface area contributed by atoms with Gasteiger partial charge in [0.25, 0.3) is 0 Å². The van der Waals surface area contributed by atoms with E-state index in [1.54, 1.807) is 0 Å². The number of ether oxygens (including phenoxy) is 3. The Hall–Kier alpha value is -5.75. The van der Waals surface area contributed by atoms with Crippen LogP contribution < -0.4 is 9.47 Å². The lowest BCUT2D eigenvalue weighted by atomic mass is 10.00. The summed E-state index contributed by atoms with van der Waals surface area (Å²) in [7, 11) is 0. The molecule has 0 fully saturated rings. The molecule has 3 aliphatic rings. The number of aromatic nitrogens is 3. The van der Waals surface area contributed by atoms with Gasteiger partial charge in [-0.1, -0.05) is 49.4 Å².